The molecule has 39 heavy (non-hydrogen) atoms. The Morgan fingerprint density at radius 2 is 1.15 bits per heavy atom. The van der Waals surface area contributed by atoms with Crippen LogP contribution in [0.3, 0.4) is 0 Å². The molecule has 0 atom stereocenters. The quantitative estimate of drug-likeness (QED) is 0.210. The van der Waals surface area contributed by atoms with Crippen LogP contribution in [0.1, 0.15) is 5.56 Å². The number of hydrogen-bond acceptors (Lipinski definition) is 4. The van der Waals surface area contributed by atoms with E-state index in [0.717, 1.165) is 54.8 Å². The molecule has 0 radical (unpaired) electrons. The largest absolute Gasteiger partial charge is 0.264 e. The summed E-state index contributed by atoms with van der Waals surface area (Å²) in [7, 11) is 0. The van der Waals surface area contributed by atoms with Crippen LogP contribution < -0.4 is 0 Å². The number of halogens is 1. The van der Waals surface area contributed by atoms with Crippen LogP contribution in [0, 0.1) is 11.3 Å². The fourth-order valence-electron chi connectivity index (χ4n) is 4.47. The van der Waals surface area contributed by atoms with Gasteiger partial charge in [-0.3, -0.25) is 4.98 Å². The van der Waals surface area contributed by atoms with E-state index in [9.17, 15) is 0 Å². The number of benzene rings is 4. The van der Waals surface area contributed by atoms with Crippen molar-refractivity contribution in [3.8, 4) is 62.2 Å². The molecule has 0 aliphatic heterocycles. The van der Waals surface area contributed by atoms with Crippen molar-refractivity contribution >= 4 is 15.9 Å². The number of hydrogen-bond donors (Lipinski definition) is 0. The highest BCUT2D eigenvalue weighted by molar-refractivity contribution is 9.10. The minimum absolute atomic E-state index is 0.650. The lowest BCUT2D eigenvalue weighted by atomic mass is 10.00. The third kappa shape index (κ3) is 5.38. The van der Waals surface area contributed by atoms with Gasteiger partial charge in [0.05, 0.1) is 23.0 Å². The number of aromatic nitrogens is 3. The van der Waals surface area contributed by atoms with Gasteiger partial charge in [-0.15, -0.1) is 0 Å². The van der Waals surface area contributed by atoms with Gasteiger partial charge in [-0.1, -0.05) is 88.7 Å². The standard InChI is InChI=1S/C34H21BrN4/c35-31-18-29(28-7-4-16-37-22-28)17-30(19-31)33-20-32(38-34(39-33)27-5-2-1-3-6-27)26-14-12-25(13-15-26)24-10-8-23(21-36)9-11-24/h1-20,22H. The first-order chi connectivity index (χ1) is 19.2. The van der Waals surface area contributed by atoms with Crippen molar-refractivity contribution in [3.05, 3.63) is 138 Å². The van der Waals surface area contributed by atoms with E-state index in [1.165, 1.54) is 0 Å². The summed E-state index contributed by atoms with van der Waals surface area (Å²) in [6, 6.07) is 40.5. The molecule has 6 rings (SSSR count). The summed E-state index contributed by atoms with van der Waals surface area (Å²) in [5.74, 6) is 0.669. The van der Waals surface area contributed by atoms with Gasteiger partial charge in [0.1, 0.15) is 0 Å². The Morgan fingerprint density at radius 3 is 1.82 bits per heavy atom. The zero-order valence-corrected chi connectivity index (χ0v) is 22.4. The molecule has 0 aliphatic carbocycles. The molecule has 0 bridgehead atoms. The van der Waals surface area contributed by atoms with E-state index in [4.69, 9.17) is 15.2 Å². The highest BCUT2D eigenvalue weighted by atomic mass is 79.9. The van der Waals surface area contributed by atoms with Crippen molar-refractivity contribution in [3.63, 3.8) is 0 Å². The fourth-order valence-corrected chi connectivity index (χ4v) is 4.96. The monoisotopic (exact) mass is 564 g/mol. The van der Waals surface area contributed by atoms with Crippen molar-refractivity contribution in [1.82, 2.24) is 15.0 Å². The minimum atomic E-state index is 0.650. The topological polar surface area (TPSA) is 62.5 Å². The second kappa shape index (κ2) is 10.8. The van der Waals surface area contributed by atoms with Crippen LogP contribution in [0.2, 0.25) is 0 Å². The number of pyridine rings is 1. The molecule has 0 spiro atoms. The Hall–Kier alpha value is -4.92. The van der Waals surface area contributed by atoms with Crippen molar-refractivity contribution in [2.75, 3.05) is 0 Å². The minimum Gasteiger partial charge on any atom is -0.264 e. The first kappa shape index (κ1) is 24.4. The molecular weight excluding hydrogens is 544 g/mol. The molecule has 4 aromatic carbocycles. The van der Waals surface area contributed by atoms with Gasteiger partial charge in [-0.25, -0.2) is 9.97 Å². The Labute approximate surface area is 235 Å². The van der Waals surface area contributed by atoms with Crippen molar-refractivity contribution in [1.29, 1.82) is 5.26 Å². The van der Waals surface area contributed by atoms with Crippen molar-refractivity contribution < 1.29 is 0 Å². The molecule has 2 heterocycles. The van der Waals surface area contributed by atoms with E-state index in [0.29, 0.717) is 11.4 Å². The van der Waals surface area contributed by atoms with Crippen LogP contribution in [0.15, 0.2) is 132 Å². The summed E-state index contributed by atoms with van der Waals surface area (Å²) < 4.78 is 0.965. The smallest absolute Gasteiger partial charge is 0.160 e. The van der Waals surface area contributed by atoms with Gasteiger partial charge >= 0.3 is 0 Å². The number of rotatable bonds is 5. The molecule has 5 heteroatoms. The molecule has 0 amide bonds. The van der Waals surface area contributed by atoms with E-state index in [2.05, 4.69) is 75.5 Å². The molecule has 0 fully saturated rings. The lowest BCUT2D eigenvalue weighted by Crippen LogP contribution is -1.96. The maximum absolute atomic E-state index is 9.09. The summed E-state index contributed by atoms with van der Waals surface area (Å²) in [5.41, 5.74) is 9.49. The van der Waals surface area contributed by atoms with Gasteiger partial charge in [0.15, 0.2) is 5.82 Å². The van der Waals surface area contributed by atoms with Gasteiger partial charge in [0, 0.05) is 39.1 Å². The SMILES string of the molecule is N#Cc1ccc(-c2ccc(-c3cc(-c4cc(Br)cc(-c5cccnc5)c4)nc(-c4ccccc4)n3)cc2)cc1. The van der Waals surface area contributed by atoms with Gasteiger partial charge in [-0.2, -0.15) is 5.26 Å². The summed E-state index contributed by atoms with van der Waals surface area (Å²) >= 11 is 3.69. The molecule has 4 nitrogen and oxygen atoms in total. The van der Waals surface area contributed by atoms with E-state index in [1.54, 1.807) is 6.20 Å². The predicted octanol–water partition coefficient (Wildman–Crippen LogP) is 8.84. The second-order valence-electron chi connectivity index (χ2n) is 9.06. The number of nitriles is 1. The second-order valence-corrected chi connectivity index (χ2v) is 9.98. The van der Waals surface area contributed by atoms with Crippen LogP contribution in [0.5, 0.6) is 0 Å². The molecule has 0 saturated heterocycles. The van der Waals surface area contributed by atoms with E-state index < -0.39 is 0 Å². The summed E-state index contributed by atoms with van der Waals surface area (Å²) in [6.45, 7) is 0. The highest BCUT2D eigenvalue weighted by Gasteiger charge is 2.13. The first-order valence-electron chi connectivity index (χ1n) is 12.4. The lowest BCUT2D eigenvalue weighted by Gasteiger charge is -2.12. The summed E-state index contributed by atoms with van der Waals surface area (Å²) in [5, 5.41) is 9.09. The van der Waals surface area contributed by atoms with Crippen LogP contribution >= 0.6 is 15.9 Å². The zero-order valence-electron chi connectivity index (χ0n) is 20.8. The van der Waals surface area contributed by atoms with E-state index in [1.807, 2.05) is 72.9 Å². The molecule has 0 N–H and O–H groups in total. The van der Waals surface area contributed by atoms with Crippen LogP contribution in [-0.2, 0) is 0 Å². The zero-order chi connectivity index (χ0) is 26.6. The Morgan fingerprint density at radius 1 is 0.538 bits per heavy atom. The molecule has 0 unspecified atom stereocenters. The van der Waals surface area contributed by atoms with Crippen LogP contribution in [0.25, 0.3) is 56.2 Å². The van der Waals surface area contributed by atoms with E-state index >= 15 is 0 Å². The van der Waals surface area contributed by atoms with Gasteiger partial charge < -0.3 is 0 Å². The molecule has 184 valence electrons. The Bertz CT molecular complexity index is 1790. The normalized spacial score (nSPS) is 10.7. The highest BCUT2D eigenvalue weighted by Crippen LogP contribution is 2.33. The van der Waals surface area contributed by atoms with Gasteiger partial charge in [-0.05, 0) is 59.2 Å². The molecular formula is C34H21BrN4. The predicted molar refractivity (Wildman–Crippen MR) is 159 cm³/mol. The summed E-state index contributed by atoms with van der Waals surface area (Å²) in [6.07, 6.45) is 3.64. The van der Waals surface area contributed by atoms with Gasteiger partial charge in [0.25, 0.3) is 0 Å². The molecule has 0 aliphatic rings. The Kier molecular flexibility index (Phi) is 6.78. The molecule has 0 saturated carbocycles. The number of nitrogens with zero attached hydrogens (tertiary/aromatic N) is 4. The van der Waals surface area contributed by atoms with Crippen LogP contribution in [0.4, 0.5) is 0 Å². The van der Waals surface area contributed by atoms with Gasteiger partial charge in [0.2, 0.25) is 0 Å². The average molecular weight is 565 g/mol. The molecule has 2 aromatic heterocycles. The third-order valence-corrected chi connectivity index (χ3v) is 6.93. The maximum atomic E-state index is 9.09. The summed E-state index contributed by atoms with van der Waals surface area (Å²) in [4.78, 5) is 14.2. The molecule has 6 aromatic rings. The third-order valence-electron chi connectivity index (χ3n) is 6.47. The fraction of sp³-hybridized carbons (Fsp3) is 0. The van der Waals surface area contributed by atoms with E-state index in [-0.39, 0.29) is 0 Å². The Balaban J connectivity index is 1.45. The average Bonchev–Trinajstić information content (AvgIpc) is 3.01. The van der Waals surface area contributed by atoms with Crippen molar-refractivity contribution in [2.24, 2.45) is 0 Å². The first-order valence-corrected chi connectivity index (χ1v) is 13.2. The van der Waals surface area contributed by atoms with Crippen LogP contribution in [-0.4, -0.2) is 15.0 Å². The maximum Gasteiger partial charge on any atom is 0.160 e. The van der Waals surface area contributed by atoms with Crippen molar-refractivity contribution in [2.45, 2.75) is 0 Å². The lowest BCUT2D eigenvalue weighted by molar-refractivity contribution is 1.18.